The van der Waals surface area contributed by atoms with Gasteiger partial charge in [0.25, 0.3) is 0 Å². The molecular formula is C36H53N3O6. The molecule has 0 saturated carbocycles. The van der Waals surface area contributed by atoms with Gasteiger partial charge >= 0.3 is 12.1 Å². The van der Waals surface area contributed by atoms with Gasteiger partial charge in [-0.05, 0) is 105 Å². The fraction of sp³-hybridized carbons (Fsp3) is 0.556. The lowest BCUT2D eigenvalue weighted by Gasteiger charge is -2.44. The van der Waals surface area contributed by atoms with Crippen LogP contribution in [0.5, 0.6) is 0 Å². The van der Waals surface area contributed by atoms with E-state index in [1.54, 1.807) is 48.5 Å². The van der Waals surface area contributed by atoms with Crippen molar-refractivity contribution in [3.05, 3.63) is 70.8 Å². The lowest BCUT2D eigenvalue weighted by Crippen LogP contribution is -2.59. The van der Waals surface area contributed by atoms with Crippen molar-refractivity contribution in [2.24, 2.45) is 0 Å². The second-order valence-corrected chi connectivity index (χ2v) is 14.3. The molecule has 3 amide bonds. The number of benzene rings is 2. The molecule has 3 atom stereocenters. The second-order valence-electron chi connectivity index (χ2n) is 14.3. The standard InChI is InChI=1S/C36H53N3O6/c1-13-36(11,12)39(31(41)25(4)37-33(43)45-35(8,9)10)29(27-20-19-23(2)24(3)21-27)30(40)38-28(32(42)44-34(5,6)7)22-26-17-15-14-16-18-26/h14-21,25,28-29H,13,22H2,1-12H3,(H,37,43)(H,38,40). The van der Waals surface area contributed by atoms with E-state index in [1.807, 2.05) is 83.1 Å². The van der Waals surface area contributed by atoms with Crippen LogP contribution in [0.15, 0.2) is 48.5 Å². The van der Waals surface area contributed by atoms with E-state index in [0.717, 1.165) is 16.7 Å². The number of nitrogens with zero attached hydrogens (tertiary/aromatic N) is 1. The third kappa shape index (κ3) is 11.2. The number of carbonyl (C=O) groups excluding carboxylic acids is 4. The van der Waals surface area contributed by atoms with Crippen LogP contribution < -0.4 is 10.6 Å². The lowest BCUT2D eigenvalue weighted by molar-refractivity contribution is -0.159. The summed E-state index contributed by atoms with van der Waals surface area (Å²) in [6, 6.07) is 11.8. The van der Waals surface area contributed by atoms with Crippen molar-refractivity contribution in [1.82, 2.24) is 15.5 Å². The molecule has 0 heterocycles. The second kappa shape index (κ2) is 14.9. The first kappa shape index (κ1) is 37.3. The molecule has 0 bridgehead atoms. The zero-order chi connectivity index (χ0) is 34.3. The van der Waals surface area contributed by atoms with Gasteiger partial charge in [-0.2, -0.15) is 0 Å². The summed E-state index contributed by atoms with van der Waals surface area (Å²) in [7, 11) is 0. The molecule has 45 heavy (non-hydrogen) atoms. The van der Waals surface area contributed by atoms with Crippen molar-refractivity contribution in [2.75, 3.05) is 0 Å². The third-order valence-electron chi connectivity index (χ3n) is 7.50. The van der Waals surface area contributed by atoms with Crippen molar-refractivity contribution in [1.29, 1.82) is 0 Å². The molecule has 0 aromatic heterocycles. The maximum atomic E-state index is 14.5. The molecule has 0 fully saturated rings. The number of nitrogens with one attached hydrogen (secondary N) is 2. The molecule has 248 valence electrons. The molecule has 2 aromatic rings. The van der Waals surface area contributed by atoms with Crippen LogP contribution in [0.2, 0.25) is 0 Å². The van der Waals surface area contributed by atoms with Crippen molar-refractivity contribution in [3.63, 3.8) is 0 Å². The summed E-state index contributed by atoms with van der Waals surface area (Å²) in [6.07, 6.45) is -0.0350. The summed E-state index contributed by atoms with van der Waals surface area (Å²) in [5.74, 6) is -1.58. The SMILES string of the molecule is CCC(C)(C)N(C(=O)C(C)NC(=O)OC(C)(C)C)C(C(=O)NC(Cc1ccccc1)C(=O)OC(C)(C)C)c1ccc(C)c(C)c1. The number of aryl methyl sites for hydroxylation is 2. The van der Waals surface area contributed by atoms with E-state index in [2.05, 4.69) is 10.6 Å². The van der Waals surface area contributed by atoms with Gasteiger partial charge in [0.05, 0.1) is 0 Å². The first-order valence-corrected chi connectivity index (χ1v) is 15.6. The highest BCUT2D eigenvalue weighted by Crippen LogP contribution is 2.33. The molecule has 0 spiro atoms. The molecule has 9 heteroatoms. The minimum Gasteiger partial charge on any atom is -0.458 e. The molecule has 0 saturated heterocycles. The van der Waals surface area contributed by atoms with Crippen LogP contribution >= 0.6 is 0 Å². The highest BCUT2D eigenvalue weighted by atomic mass is 16.6. The molecule has 9 nitrogen and oxygen atoms in total. The first-order valence-electron chi connectivity index (χ1n) is 15.6. The molecule has 2 aromatic carbocycles. The van der Waals surface area contributed by atoms with E-state index in [-0.39, 0.29) is 6.42 Å². The predicted molar refractivity (Wildman–Crippen MR) is 177 cm³/mol. The summed E-state index contributed by atoms with van der Waals surface area (Å²) in [5.41, 5.74) is 1.03. The van der Waals surface area contributed by atoms with Gasteiger partial charge in [0, 0.05) is 12.0 Å². The highest BCUT2D eigenvalue weighted by Gasteiger charge is 2.43. The number of rotatable bonds is 11. The van der Waals surface area contributed by atoms with Crippen LogP contribution in [0.1, 0.15) is 104 Å². The average Bonchev–Trinajstić information content (AvgIpc) is 2.90. The number of hydrogen-bond donors (Lipinski definition) is 2. The van der Waals surface area contributed by atoms with Crippen LogP contribution in [0.3, 0.4) is 0 Å². The van der Waals surface area contributed by atoms with Crippen LogP contribution in [0.25, 0.3) is 0 Å². The van der Waals surface area contributed by atoms with Crippen LogP contribution in [-0.4, -0.2) is 57.6 Å². The van der Waals surface area contributed by atoms with Gasteiger partial charge in [-0.15, -0.1) is 0 Å². The number of hydrogen-bond acceptors (Lipinski definition) is 6. The Morgan fingerprint density at radius 1 is 0.800 bits per heavy atom. The van der Waals surface area contributed by atoms with E-state index in [4.69, 9.17) is 9.47 Å². The van der Waals surface area contributed by atoms with Crippen LogP contribution in [0, 0.1) is 13.8 Å². The number of carbonyl (C=O) groups is 4. The topological polar surface area (TPSA) is 114 Å². The summed E-state index contributed by atoms with van der Waals surface area (Å²) in [5, 5.41) is 5.58. The average molecular weight is 624 g/mol. The monoisotopic (exact) mass is 623 g/mol. The van der Waals surface area contributed by atoms with Crippen LogP contribution in [-0.2, 0) is 30.3 Å². The van der Waals surface area contributed by atoms with Crippen LogP contribution in [0.4, 0.5) is 4.79 Å². The number of ether oxygens (including phenoxy) is 2. The number of amides is 3. The summed E-state index contributed by atoms with van der Waals surface area (Å²) in [4.78, 5) is 56.5. The van der Waals surface area contributed by atoms with Gasteiger partial charge in [-0.25, -0.2) is 9.59 Å². The molecule has 0 aliphatic rings. The number of alkyl carbamates (subject to hydrolysis) is 1. The fourth-order valence-electron chi connectivity index (χ4n) is 4.72. The molecule has 0 aliphatic carbocycles. The summed E-state index contributed by atoms with van der Waals surface area (Å²) >= 11 is 0. The zero-order valence-electron chi connectivity index (χ0n) is 29.2. The van der Waals surface area contributed by atoms with Gasteiger partial charge in [0.2, 0.25) is 11.8 Å². The Bertz CT molecular complexity index is 1340. The summed E-state index contributed by atoms with van der Waals surface area (Å²) in [6.45, 7) is 21.7. The van der Waals surface area contributed by atoms with E-state index in [1.165, 1.54) is 4.90 Å². The van der Waals surface area contributed by atoms with Gasteiger partial charge < -0.3 is 25.0 Å². The number of esters is 1. The van der Waals surface area contributed by atoms with E-state index < -0.39 is 58.7 Å². The predicted octanol–water partition coefficient (Wildman–Crippen LogP) is 6.34. The van der Waals surface area contributed by atoms with E-state index in [0.29, 0.717) is 12.0 Å². The maximum absolute atomic E-state index is 14.5. The Balaban J connectivity index is 2.64. The Morgan fingerprint density at radius 3 is 1.89 bits per heavy atom. The third-order valence-corrected chi connectivity index (χ3v) is 7.50. The minimum atomic E-state index is -1.13. The normalized spacial score (nSPS) is 14.0. The molecule has 2 N–H and O–H groups in total. The van der Waals surface area contributed by atoms with Gasteiger partial charge in [-0.1, -0.05) is 55.5 Å². The Labute approximate surface area is 269 Å². The van der Waals surface area contributed by atoms with Gasteiger partial charge in [0.1, 0.15) is 29.3 Å². The first-order chi connectivity index (χ1) is 20.6. The molecule has 0 aliphatic heterocycles. The van der Waals surface area contributed by atoms with Crippen molar-refractivity contribution < 1.29 is 28.7 Å². The zero-order valence-corrected chi connectivity index (χ0v) is 29.2. The van der Waals surface area contributed by atoms with E-state index in [9.17, 15) is 19.2 Å². The molecule has 3 unspecified atom stereocenters. The molecular weight excluding hydrogens is 570 g/mol. The quantitative estimate of drug-likeness (QED) is 0.282. The minimum absolute atomic E-state index is 0.197. The highest BCUT2D eigenvalue weighted by molar-refractivity contribution is 5.94. The van der Waals surface area contributed by atoms with Crippen molar-refractivity contribution in [2.45, 2.75) is 131 Å². The van der Waals surface area contributed by atoms with E-state index >= 15 is 0 Å². The Hall–Kier alpha value is -3.88. The Kier molecular flexibility index (Phi) is 12.4. The Morgan fingerprint density at radius 2 is 1.38 bits per heavy atom. The maximum Gasteiger partial charge on any atom is 0.408 e. The summed E-state index contributed by atoms with van der Waals surface area (Å²) < 4.78 is 11.1. The van der Waals surface area contributed by atoms with Gasteiger partial charge in [-0.3, -0.25) is 9.59 Å². The molecule has 2 rings (SSSR count). The fourth-order valence-corrected chi connectivity index (χ4v) is 4.72. The van der Waals surface area contributed by atoms with Crippen molar-refractivity contribution >= 4 is 23.9 Å². The van der Waals surface area contributed by atoms with Crippen molar-refractivity contribution in [3.8, 4) is 0 Å². The lowest BCUT2D eigenvalue weighted by atomic mass is 9.91. The largest absolute Gasteiger partial charge is 0.458 e. The smallest absolute Gasteiger partial charge is 0.408 e. The molecule has 0 radical (unpaired) electrons. The van der Waals surface area contributed by atoms with Gasteiger partial charge in [0.15, 0.2) is 0 Å².